The smallest absolute Gasteiger partial charge is 0.0491 e. The zero-order chi connectivity index (χ0) is 9.23. The van der Waals surface area contributed by atoms with Crippen LogP contribution in [0.4, 0.5) is 0 Å². The van der Waals surface area contributed by atoms with Gasteiger partial charge in [-0.2, -0.15) is 0 Å². The number of hydrogen-bond acceptors (Lipinski definition) is 3. The maximum absolute atomic E-state index is 7.57. The highest BCUT2D eigenvalue weighted by molar-refractivity contribution is 4.67. The Hall–Kier alpha value is -0.120. The highest BCUT2D eigenvalue weighted by atomic mass is 16.5. The lowest BCUT2D eigenvalue weighted by Crippen LogP contribution is -2.29. The van der Waals surface area contributed by atoms with Crippen LogP contribution in [0.1, 0.15) is 19.8 Å². The van der Waals surface area contributed by atoms with Gasteiger partial charge in [0.1, 0.15) is 0 Å². The number of aliphatic hydroxyl groups excluding tert-OH is 1. The quantitative estimate of drug-likeness (QED) is 0.647. The van der Waals surface area contributed by atoms with Gasteiger partial charge in [0.15, 0.2) is 0 Å². The summed E-state index contributed by atoms with van der Waals surface area (Å²) in [5.74, 6) is 0.816. The molecule has 0 amide bonds. The zero-order valence-corrected chi connectivity index (χ0v) is 8.18. The van der Waals surface area contributed by atoms with Crippen molar-refractivity contribution in [1.29, 1.82) is 0 Å². The number of aliphatic hydroxyl groups is 1. The van der Waals surface area contributed by atoms with Gasteiger partial charge in [-0.3, -0.25) is 0 Å². The molecular formula is C9H21NO2. The summed E-state index contributed by atoms with van der Waals surface area (Å²) in [4.78, 5) is 0. The fourth-order valence-electron chi connectivity index (χ4n) is 1.28. The summed E-state index contributed by atoms with van der Waals surface area (Å²) in [6.07, 6.45) is 2.57. The summed E-state index contributed by atoms with van der Waals surface area (Å²) in [7, 11) is 1.78. The molecular weight excluding hydrogens is 154 g/mol. The van der Waals surface area contributed by atoms with Gasteiger partial charge in [-0.05, 0) is 38.8 Å². The average molecular weight is 175 g/mol. The molecule has 3 heteroatoms. The molecule has 0 bridgehead atoms. The van der Waals surface area contributed by atoms with E-state index < -0.39 is 0 Å². The fourth-order valence-corrected chi connectivity index (χ4v) is 1.28. The summed E-state index contributed by atoms with van der Waals surface area (Å²) >= 11 is 0. The van der Waals surface area contributed by atoms with Crippen molar-refractivity contribution < 1.29 is 9.84 Å². The average Bonchev–Trinajstić information content (AvgIpc) is 2.08. The van der Waals surface area contributed by atoms with Gasteiger partial charge in [-0.1, -0.05) is 0 Å². The van der Waals surface area contributed by atoms with Crippen molar-refractivity contribution in [2.24, 2.45) is 5.92 Å². The van der Waals surface area contributed by atoms with E-state index in [1.54, 1.807) is 14.0 Å². The first-order valence-electron chi connectivity index (χ1n) is 4.65. The lowest BCUT2D eigenvalue weighted by atomic mass is 10.00. The van der Waals surface area contributed by atoms with Crippen molar-refractivity contribution in [2.45, 2.75) is 19.8 Å². The third-order valence-corrected chi connectivity index (χ3v) is 1.86. The fraction of sp³-hybridized carbons (Fsp3) is 1.00. The van der Waals surface area contributed by atoms with E-state index in [1.807, 2.05) is 0 Å². The molecule has 0 spiro atoms. The van der Waals surface area contributed by atoms with E-state index in [1.165, 1.54) is 25.9 Å². The molecule has 3 nitrogen and oxygen atoms in total. The van der Waals surface area contributed by atoms with Crippen molar-refractivity contribution in [3.63, 3.8) is 0 Å². The van der Waals surface area contributed by atoms with Gasteiger partial charge in [-0.25, -0.2) is 0 Å². The Labute approximate surface area is 75.1 Å². The Balaban J connectivity index is 0.000000354. The van der Waals surface area contributed by atoms with E-state index in [-0.39, 0.29) is 6.61 Å². The van der Waals surface area contributed by atoms with Crippen molar-refractivity contribution in [2.75, 3.05) is 33.4 Å². The summed E-state index contributed by atoms with van der Waals surface area (Å²) in [5.41, 5.74) is 0. The second-order valence-corrected chi connectivity index (χ2v) is 2.96. The molecule has 0 aromatic rings. The molecule has 1 aliphatic rings. The van der Waals surface area contributed by atoms with Crippen LogP contribution in [0.25, 0.3) is 0 Å². The molecule has 0 aromatic heterocycles. The third kappa shape index (κ3) is 6.58. The van der Waals surface area contributed by atoms with E-state index in [9.17, 15) is 0 Å². The van der Waals surface area contributed by atoms with Gasteiger partial charge in [0, 0.05) is 20.3 Å². The van der Waals surface area contributed by atoms with Crippen molar-refractivity contribution in [3.05, 3.63) is 0 Å². The molecule has 1 saturated heterocycles. The predicted molar refractivity (Wildman–Crippen MR) is 50.2 cm³/mol. The summed E-state index contributed by atoms with van der Waals surface area (Å²) in [5, 5.41) is 10.9. The molecule has 1 fully saturated rings. The first-order valence-corrected chi connectivity index (χ1v) is 4.65. The minimum Gasteiger partial charge on any atom is -0.397 e. The molecule has 12 heavy (non-hydrogen) atoms. The lowest BCUT2D eigenvalue weighted by molar-refractivity contribution is 0.135. The van der Waals surface area contributed by atoms with Crippen LogP contribution < -0.4 is 5.32 Å². The molecule has 2 N–H and O–H groups in total. The maximum Gasteiger partial charge on any atom is 0.0491 e. The molecule has 1 heterocycles. The molecule has 74 valence electrons. The molecule has 1 rings (SSSR count). The van der Waals surface area contributed by atoms with Crippen LogP contribution in [0, 0.1) is 5.92 Å². The number of hydrogen-bond donors (Lipinski definition) is 2. The van der Waals surface area contributed by atoms with Gasteiger partial charge in [0.25, 0.3) is 0 Å². The number of ether oxygens (including phenoxy) is 1. The largest absolute Gasteiger partial charge is 0.397 e. The summed E-state index contributed by atoms with van der Waals surface area (Å²) < 4.78 is 5.05. The van der Waals surface area contributed by atoms with Gasteiger partial charge in [-0.15, -0.1) is 0 Å². The van der Waals surface area contributed by atoms with Gasteiger partial charge >= 0.3 is 0 Å². The van der Waals surface area contributed by atoms with Crippen LogP contribution in [0.2, 0.25) is 0 Å². The second kappa shape index (κ2) is 8.97. The zero-order valence-electron chi connectivity index (χ0n) is 8.18. The Morgan fingerprint density at radius 1 is 1.42 bits per heavy atom. The minimum atomic E-state index is 0.250. The standard InChI is InChI=1S/C7H15NO.C2H6O/c1-9-6-7-2-4-8-5-3-7;1-2-3/h7-8H,2-6H2,1H3;3H,2H2,1H3. The highest BCUT2D eigenvalue weighted by Crippen LogP contribution is 2.10. The van der Waals surface area contributed by atoms with E-state index in [0.29, 0.717) is 0 Å². The lowest BCUT2D eigenvalue weighted by Gasteiger charge is -2.21. The van der Waals surface area contributed by atoms with Crippen LogP contribution >= 0.6 is 0 Å². The molecule has 0 unspecified atom stereocenters. The molecule has 0 aliphatic carbocycles. The van der Waals surface area contributed by atoms with E-state index in [2.05, 4.69) is 5.32 Å². The number of methoxy groups -OCH3 is 1. The van der Waals surface area contributed by atoms with Crippen molar-refractivity contribution >= 4 is 0 Å². The van der Waals surface area contributed by atoms with Gasteiger partial charge < -0.3 is 15.2 Å². The molecule has 0 atom stereocenters. The van der Waals surface area contributed by atoms with Crippen molar-refractivity contribution in [3.8, 4) is 0 Å². The van der Waals surface area contributed by atoms with Crippen molar-refractivity contribution in [1.82, 2.24) is 5.32 Å². The van der Waals surface area contributed by atoms with E-state index in [4.69, 9.17) is 9.84 Å². The van der Waals surface area contributed by atoms with Crippen LogP contribution in [0.3, 0.4) is 0 Å². The van der Waals surface area contributed by atoms with Crippen LogP contribution in [0.5, 0.6) is 0 Å². The first-order chi connectivity index (χ1) is 5.85. The molecule has 1 aliphatic heterocycles. The topological polar surface area (TPSA) is 41.5 Å². The minimum absolute atomic E-state index is 0.250. The molecule has 0 saturated carbocycles. The monoisotopic (exact) mass is 175 g/mol. The molecule has 0 radical (unpaired) electrons. The van der Waals surface area contributed by atoms with Crippen LogP contribution in [-0.2, 0) is 4.74 Å². The molecule has 0 aromatic carbocycles. The van der Waals surface area contributed by atoms with Crippen LogP contribution in [-0.4, -0.2) is 38.5 Å². The van der Waals surface area contributed by atoms with Crippen LogP contribution in [0.15, 0.2) is 0 Å². The Morgan fingerprint density at radius 2 is 1.92 bits per heavy atom. The first kappa shape index (κ1) is 11.9. The second-order valence-electron chi connectivity index (χ2n) is 2.96. The Kier molecular flexibility index (Phi) is 8.88. The summed E-state index contributed by atoms with van der Waals surface area (Å²) in [6.45, 7) is 5.23. The number of rotatable bonds is 2. The Morgan fingerprint density at radius 3 is 2.33 bits per heavy atom. The SMILES string of the molecule is CCO.COCC1CCNCC1. The predicted octanol–water partition coefficient (Wildman–Crippen LogP) is 0.631. The van der Waals surface area contributed by atoms with Gasteiger partial charge in [0.2, 0.25) is 0 Å². The van der Waals surface area contributed by atoms with E-state index >= 15 is 0 Å². The maximum atomic E-state index is 7.57. The third-order valence-electron chi connectivity index (χ3n) is 1.86. The summed E-state index contributed by atoms with van der Waals surface area (Å²) in [6, 6.07) is 0. The normalized spacial score (nSPS) is 18.2. The van der Waals surface area contributed by atoms with E-state index in [0.717, 1.165) is 12.5 Å². The highest BCUT2D eigenvalue weighted by Gasteiger charge is 2.11. The number of nitrogens with one attached hydrogen (secondary N) is 1. The Bertz CT molecular complexity index is 79.8. The van der Waals surface area contributed by atoms with Gasteiger partial charge in [0.05, 0.1) is 0 Å². The number of piperidine rings is 1.